The Kier molecular flexibility index (Phi) is 5.39. The second-order valence-electron chi connectivity index (χ2n) is 4.24. The second-order valence-corrected chi connectivity index (χ2v) is 4.24. The zero-order valence-corrected chi connectivity index (χ0v) is 11.1. The Bertz CT molecular complexity index is 425. The second kappa shape index (κ2) is 6.59. The first-order chi connectivity index (χ1) is 8.97. The highest BCUT2D eigenvalue weighted by atomic mass is 19.4. The van der Waals surface area contributed by atoms with E-state index in [2.05, 4.69) is 5.32 Å². The average molecular weight is 273 g/mol. The summed E-state index contributed by atoms with van der Waals surface area (Å²) in [4.78, 5) is 11.5. The van der Waals surface area contributed by atoms with Crippen LogP contribution in [0.2, 0.25) is 0 Å². The van der Waals surface area contributed by atoms with Crippen LogP contribution in [0.3, 0.4) is 0 Å². The summed E-state index contributed by atoms with van der Waals surface area (Å²) in [5.41, 5.74) is -0.963. The van der Waals surface area contributed by atoms with Gasteiger partial charge in [0.15, 0.2) is 0 Å². The van der Waals surface area contributed by atoms with Crippen LogP contribution in [0.25, 0.3) is 0 Å². The van der Waals surface area contributed by atoms with Gasteiger partial charge in [0.1, 0.15) is 0 Å². The summed E-state index contributed by atoms with van der Waals surface area (Å²) in [6, 6.07) is 5.02. The molecule has 1 fully saturated rings. The van der Waals surface area contributed by atoms with Crippen LogP contribution in [-0.2, 0) is 11.0 Å². The van der Waals surface area contributed by atoms with Crippen molar-refractivity contribution in [2.75, 3.05) is 5.32 Å². The van der Waals surface area contributed by atoms with Crippen molar-refractivity contribution >= 4 is 11.6 Å². The van der Waals surface area contributed by atoms with Crippen molar-refractivity contribution in [2.24, 2.45) is 5.92 Å². The van der Waals surface area contributed by atoms with Gasteiger partial charge in [-0.1, -0.05) is 26.0 Å². The fraction of sp³-hybridized carbons (Fsp3) is 0.500. The quantitative estimate of drug-likeness (QED) is 0.865. The molecule has 5 heteroatoms. The van der Waals surface area contributed by atoms with E-state index in [9.17, 15) is 18.0 Å². The lowest BCUT2D eigenvalue weighted by atomic mass is 10.1. The molecule has 2 nitrogen and oxygen atoms in total. The van der Waals surface area contributed by atoms with Crippen molar-refractivity contribution in [1.82, 2.24) is 0 Å². The van der Waals surface area contributed by atoms with Gasteiger partial charge in [-0.3, -0.25) is 4.79 Å². The smallest absolute Gasteiger partial charge is 0.325 e. The van der Waals surface area contributed by atoms with Crippen molar-refractivity contribution in [1.29, 1.82) is 0 Å². The molecule has 0 unspecified atom stereocenters. The van der Waals surface area contributed by atoms with Gasteiger partial charge in [-0.2, -0.15) is 13.2 Å². The Morgan fingerprint density at radius 3 is 2.37 bits per heavy atom. The Morgan fingerprint density at radius 2 is 1.84 bits per heavy atom. The van der Waals surface area contributed by atoms with E-state index < -0.39 is 11.7 Å². The highest BCUT2D eigenvalue weighted by Gasteiger charge is 2.34. The van der Waals surface area contributed by atoms with E-state index >= 15 is 0 Å². The van der Waals surface area contributed by atoms with E-state index in [0.29, 0.717) is 12.3 Å². The Morgan fingerprint density at radius 1 is 1.26 bits per heavy atom. The number of anilines is 1. The Labute approximate surface area is 111 Å². The molecule has 1 aliphatic rings. The number of para-hydroxylation sites is 1. The van der Waals surface area contributed by atoms with Crippen LogP contribution in [0.5, 0.6) is 0 Å². The zero-order chi connectivity index (χ0) is 14.5. The van der Waals surface area contributed by atoms with Crippen LogP contribution in [0.1, 0.15) is 38.7 Å². The molecule has 0 aliphatic heterocycles. The lowest BCUT2D eigenvalue weighted by Gasteiger charge is -2.13. The van der Waals surface area contributed by atoms with Gasteiger partial charge in [0, 0.05) is 6.42 Å². The lowest BCUT2D eigenvalue weighted by Crippen LogP contribution is -2.16. The molecular formula is C14H18F3NO. The molecule has 0 bridgehead atoms. The first-order valence-corrected chi connectivity index (χ1v) is 6.43. The van der Waals surface area contributed by atoms with Crippen molar-refractivity contribution in [3.8, 4) is 0 Å². The summed E-state index contributed by atoms with van der Waals surface area (Å²) in [7, 11) is 0. The van der Waals surface area contributed by atoms with Crippen LogP contribution in [-0.4, -0.2) is 5.91 Å². The predicted molar refractivity (Wildman–Crippen MR) is 68.8 cm³/mol. The fourth-order valence-corrected chi connectivity index (χ4v) is 1.62. The minimum Gasteiger partial charge on any atom is -0.325 e. The van der Waals surface area contributed by atoms with E-state index in [1.807, 2.05) is 13.8 Å². The van der Waals surface area contributed by atoms with Crippen molar-refractivity contribution < 1.29 is 18.0 Å². The maximum absolute atomic E-state index is 12.6. The first kappa shape index (κ1) is 15.5. The Hall–Kier alpha value is -1.52. The van der Waals surface area contributed by atoms with Crippen LogP contribution >= 0.6 is 0 Å². The van der Waals surface area contributed by atoms with E-state index in [-0.39, 0.29) is 11.6 Å². The molecule has 1 N–H and O–H groups in total. The number of hydrogen-bond donors (Lipinski definition) is 1. The molecule has 0 atom stereocenters. The number of carbonyl (C=O) groups excluding carboxylic acids is 1. The van der Waals surface area contributed by atoms with Crippen molar-refractivity contribution in [3.05, 3.63) is 29.8 Å². The van der Waals surface area contributed by atoms with Gasteiger partial charge in [0.25, 0.3) is 0 Å². The molecule has 1 aromatic rings. The molecule has 1 amide bonds. The van der Waals surface area contributed by atoms with Crippen molar-refractivity contribution in [2.45, 2.75) is 39.3 Å². The molecule has 0 heterocycles. The maximum Gasteiger partial charge on any atom is 0.418 e. The summed E-state index contributed by atoms with van der Waals surface area (Å²) in [6.45, 7) is 4.00. The Balaban J connectivity index is 0.000000861. The third kappa shape index (κ3) is 4.93. The average Bonchev–Trinajstić information content (AvgIpc) is 3.14. The number of benzene rings is 1. The number of carbonyl (C=O) groups is 1. The highest BCUT2D eigenvalue weighted by molar-refractivity contribution is 5.91. The van der Waals surface area contributed by atoms with Gasteiger partial charge in [-0.25, -0.2) is 0 Å². The predicted octanol–water partition coefficient (Wildman–Crippen LogP) is 4.47. The minimum absolute atomic E-state index is 0.161. The van der Waals surface area contributed by atoms with Crippen LogP contribution in [0, 0.1) is 5.92 Å². The number of halogens is 3. The first-order valence-electron chi connectivity index (χ1n) is 6.43. The number of hydrogen-bond acceptors (Lipinski definition) is 1. The van der Waals surface area contributed by atoms with Crippen molar-refractivity contribution in [3.63, 3.8) is 0 Å². The third-order valence-corrected chi connectivity index (χ3v) is 2.68. The summed E-state index contributed by atoms with van der Waals surface area (Å²) >= 11 is 0. The third-order valence-electron chi connectivity index (χ3n) is 2.68. The molecule has 0 saturated heterocycles. The van der Waals surface area contributed by atoms with Crippen LogP contribution in [0.15, 0.2) is 24.3 Å². The zero-order valence-electron chi connectivity index (χ0n) is 11.1. The van der Waals surface area contributed by atoms with Gasteiger partial charge in [-0.05, 0) is 30.9 Å². The lowest BCUT2D eigenvalue weighted by molar-refractivity contribution is -0.137. The topological polar surface area (TPSA) is 29.1 Å². The van der Waals surface area contributed by atoms with Gasteiger partial charge in [0.05, 0.1) is 11.3 Å². The SMILES string of the molecule is CC.O=C(CC1CC1)Nc1ccccc1C(F)(F)F. The van der Waals surface area contributed by atoms with Gasteiger partial charge in [-0.15, -0.1) is 0 Å². The number of rotatable bonds is 3. The maximum atomic E-state index is 12.6. The summed E-state index contributed by atoms with van der Waals surface area (Å²) < 4.78 is 37.9. The standard InChI is InChI=1S/C12H12F3NO.C2H6/c13-12(14,15)9-3-1-2-4-10(9)16-11(17)7-8-5-6-8;1-2/h1-4,8H,5-7H2,(H,16,17);1-2H3. The molecule has 1 saturated carbocycles. The van der Waals surface area contributed by atoms with E-state index in [1.165, 1.54) is 18.2 Å². The number of nitrogens with one attached hydrogen (secondary N) is 1. The fourth-order valence-electron chi connectivity index (χ4n) is 1.62. The normalized spacial score (nSPS) is 14.4. The molecule has 1 aliphatic carbocycles. The molecule has 0 aromatic heterocycles. The number of alkyl halides is 3. The summed E-state index contributed by atoms with van der Waals surface area (Å²) in [5, 5.41) is 2.33. The molecule has 106 valence electrons. The number of amides is 1. The summed E-state index contributed by atoms with van der Waals surface area (Å²) in [6.07, 6.45) is -2.14. The molecule has 1 aromatic carbocycles. The molecular weight excluding hydrogens is 255 g/mol. The monoisotopic (exact) mass is 273 g/mol. The van der Waals surface area contributed by atoms with Crippen LogP contribution in [0.4, 0.5) is 18.9 Å². The molecule has 0 radical (unpaired) electrons. The van der Waals surface area contributed by atoms with E-state index in [4.69, 9.17) is 0 Å². The molecule has 19 heavy (non-hydrogen) atoms. The van der Waals surface area contributed by atoms with E-state index in [1.54, 1.807) is 0 Å². The largest absolute Gasteiger partial charge is 0.418 e. The van der Waals surface area contributed by atoms with Crippen LogP contribution < -0.4 is 5.32 Å². The molecule has 0 spiro atoms. The van der Waals surface area contributed by atoms with E-state index in [0.717, 1.165) is 18.9 Å². The highest BCUT2D eigenvalue weighted by Crippen LogP contribution is 2.36. The van der Waals surface area contributed by atoms with Gasteiger partial charge >= 0.3 is 6.18 Å². The summed E-state index contributed by atoms with van der Waals surface area (Å²) in [5.74, 6) is 0.0113. The molecule has 2 rings (SSSR count). The van der Waals surface area contributed by atoms with Gasteiger partial charge < -0.3 is 5.32 Å². The van der Waals surface area contributed by atoms with Gasteiger partial charge in [0.2, 0.25) is 5.91 Å². The minimum atomic E-state index is -4.44.